The predicted octanol–water partition coefficient (Wildman–Crippen LogP) is 4.54. The second-order valence-corrected chi connectivity index (χ2v) is 5.56. The van der Waals surface area contributed by atoms with Crippen LogP contribution in [0.2, 0.25) is 0 Å². The lowest BCUT2D eigenvalue weighted by Gasteiger charge is -2.27. The van der Waals surface area contributed by atoms with Crippen LogP contribution >= 0.6 is 0 Å². The highest BCUT2D eigenvalue weighted by Gasteiger charge is 2.19. The molecule has 1 nitrogen and oxygen atoms in total. The predicted molar refractivity (Wildman–Crippen MR) is 74.8 cm³/mol. The van der Waals surface area contributed by atoms with Gasteiger partial charge in [-0.3, -0.25) is 0 Å². The van der Waals surface area contributed by atoms with Crippen molar-refractivity contribution in [3.63, 3.8) is 0 Å². The molecule has 0 rings (SSSR count). The first-order chi connectivity index (χ1) is 7.54. The van der Waals surface area contributed by atoms with Crippen molar-refractivity contribution >= 4 is 0 Å². The fraction of sp³-hybridized carbons (Fsp3) is 0.867. The Morgan fingerprint density at radius 1 is 1.19 bits per heavy atom. The van der Waals surface area contributed by atoms with Crippen LogP contribution in [0.4, 0.5) is 0 Å². The maximum absolute atomic E-state index is 3.99. The van der Waals surface area contributed by atoms with E-state index in [0.717, 1.165) is 6.54 Å². The number of hydrogen-bond acceptors (Lipinski definition) is 1. The molecule has 0 aromatic carbocycles. The zero-order chi connectivity index (χ0) is 12.4. The standard InChI is InChI=1S/C15H31N/c1-6-8-9-10-11-12-15(5,7-2)13-16-14(3)4/h7,14,16H,2,6,8-13H2,1,3-5H3. The van der Waals surface area contributed by atoms with Crippen molar-refractivity contribution in [2.24, 2.45) is 5.41 Å². The van der Waals surface area contributed by atoms with Crippen LogP contribution in [-0.2, 0) is 0 Å². The summed E-state index contributed by atoms with van der Waals surface area (Å²) >= 11 is 0. The lowest BCUT2D eigenvalue weighted by atomic mass is 9.84. The fourth-order valence-electron chi connectivity index (χ4n) is 1.83. The van der Waals surface area contributed by atoms with Gasteiger partial charge in [-0.25, -0.2) is 0 Å². The van der Waals surface area contributed by atoms with E-state index < -0.39 is 0 Å². The maximum atomic E-state index is 3.99. The van der Waals surface area contributed by atoms with Crippen LogP contribution in [0.25, 0.3) is 0 Å². The van der Waals surface area contributed by atoms with Crippen molar-refractivity contribution in [3.8, 4) is 0 Å². The third-order valence-corrected chi connectivity index (χ3v) is 3.26. The molecule has 0 aliphatic heterocycles. The lowest BCUT2D eigenvalue weighted by Crippen LogP contribution is -2.34. The van der Waals surface area contributed by atoms with Crippen LogP contribution in [0.1, 0.15) is 66.2 Å². The summed E-state index contributed by atoms with van der Waals surface area (Å²) in [5.41, 5.74) is 0.274. The molecule has 0 heterocycles. The second kappa shape index (κ2) is 8.81. The van der Waals surface area contributed by atoms with Gasteiger partial charge in [-0.05, 0) is 11.8 Å². The smallest absolute Gasteiger partial charge is 0.00421 e. The van der Waals surface area contributed by atoms with Gasteiger partial charge in [-0.2, -0.15) is 0 Å². The van der Waals surface area contributed by atoms with Gasteiger partial charge in [-0.1, -0.05) is 65.9 Å². The molecular weight excluding hydrogens is 194 g/mol. The molecule has 96 valence electrons. The van der Waals surface area contributed by atoms with E-state index in [-0.39, 0.29) is 5.41 Å². The van der Waals surface area contributed by atoms with Crippen LogP contribution in [0, 0.1) is 5.41 Å². The number of rotatable bonds is 10. The largest absolute Gasteiger partial charge is 0.314 e. The van der Waals surface area contributed by atoms with Gasteiger partial charge in [0.15, 0.2) is 0 Å². The van der Waals surface area contributed by atoms with E-state index >= 15 is 0 Å². The second-order valence-electron chi connectivity index (χ2n) is 5.56. The highest BCUT2D eigenvalue weighted by molar-refractivity contribution is 4.93. The van der Waals surface area contributed by atoms with Crippen LogP contribution in [0.15, 0.2) is 12.7 Å². The minimum Gasteiger partial charge on any atom is -0.314 e. The number of hydrogen-bond donors (Lipinski definition) is 1. The van der Waals surface area contributed by atoms with Crippen LogP contribution in [0.3, 0.4) is 0 Å². The Bertz CT molecular complexity index is 174. The Kier molecular flexibility index (Phi) is 8.64. The van der Waals surface area contributed by atoms with E-state index in [2.05, 4.69) is 45.7 Å². The van der Waals surface area contributed by atoms with Gasteiger partial charge in [0.1, 0.15) is 0 Å². The summed E-state index contributed by atoms with van der Waals surface area (Å²) in [5.74, 6) is 0. The quantitative estimate of drug-likeness (QED) is 0.425. The summed E-state index contributed by atoms with van der Waals surface area (Å²) < 4.78 is 0. The molecule has 1 N–H and O–H groups in total. The zero-order valence-electron chi connectivity index (χ0n) is 11.8. The monoisotopic (exact) mass is 225 g/mol. The Labute approximate surface area is 103 Å². The summed E-state index contributed by atoms with van der Waals surface area (Å²) in [6.07, 6.45) is 10.2. The highest BCUT2D eigenvalue weighted by Crippen LogP contribution is 2.25. The average molecular weight is 225 g/mol. The van der Waals surface area contributed by atoms with E-state index in [4.69, 9.17) is 0 Å². The van der Waals surface area contributed by atoms with E-state index in [1.807, 2.05) is 0 Å². The molecule has 0 amide bonds. The van der Waals surface area contributed by atoms with E-state index in [9.17, 15) is 0 Å². The van der Waals surface area contributed by atoms with Crippen molar-refractivity contribution < 1.29 is 0 Å². The van der Waals surface area contributed by atoms with Crippen molar-refractivity contribution in [1.29, 1.82) is 0 Å². The molecule has 0 aromatic rings. The van der Waals surface area contributed by atoms with Crippen LogP contribution < -0.4 is 5.32 Å². The third-order valence-electron chi connectivity index (χ3n) is 3.26. The average Bonchev–Trinajstić information content (AvgIpc) is 2.26. The molecular formula is C15H31N. The van der Waals surface area contributed by atoms with Gasteiger partial charge in [0.2, 0.25) is 0 Å². The summed E-state index contributed by atoms with van der Waals surface area (Å²) in [6, 6.07) is 0.569. The Morgan fingerprint density at radius 3 is 2.31 bits per heavy atom. The van der Waals surface area contributed by atoms with Crippen LogP contribution in [0.5, 0.6) is 0 Å². The lowest BCUT2D eigenvalue weighted by molar-refractivity contribution is 0.336. The zero-order valence-corrected chi connectivity index (χ0v) is 11.8. The topological polar surface area (TPSA) is 12.0 Å². The molecule has 1 unspecified atom stereocenters. The van der Waals surface area contributed by atoms with Crippen molar-refractivity contribution in [2.45, 2.75) is 72.3 Å². The van der Waals surface area contributed by atoms with Crippen molar-refractivity contribution in [1.82, 2.24) is 5.32 Å². The number of unbranched alkanes of at least 4 members (excludes halogenated alkanes) is 4. The highest BCUT2D eigenvalue weighted by atomic mass is 14.9. The number of nitrogens with one attached hydrogen (secondary N) is 1. The van der Waals surface area contributed by atoms with E-state index in [1.54, 1.807) is 0 Å². The first-order valence-corrected chi connectivity index (χ1v) is 6.91. The molecule has 0 fully saturated rings. The molecule has 0 aliphatic rings. The molecule has 16 heavy (non-hydrogen) atoms. The van der Waals surface area contributed by atoms with Gasteiger partial charge in [-0.15, -0.1) is 6.58 Å². The molecule has 1 atom stereocenters. The van der Waals surface area contributed by atoms with Gasteiger partial charge in [0.05, 0.1) is 0 Å². The summed E-state index contributed by atoms with van der Waals surface area (Å²) in [5, 5.41) is 3.52. The molecule has 1 heteroatoms. The summed E-state index contributed by atoms with van der Waals surface area (Å²) in [4.78, 5) is 0. The Hall–Kier alpha value is -0.300. The first kappa shape index (κ1) is 15.7. The van der Waals surface area contributed by atoms with E-state index in [1.165, 1.54) is 38.5 Å². The van der Waals surface area contributed by atoms with Crippen molar-refractivity contribution in [3.05, 3.63) is 12.7 Å². The Morgan fingerprint density at radius 2 is 1.81 bits per heavy atom. The minimum absolute atomic E-state index is 0.274. The first-order valence-electron chi connectivity index (χ1n) is 6.91. The molecule has 0 radical (unpaired) electrons. The van der Waals surface area contributed by atoms with Crippen LogP contribution in [-0.4, -0.2) is 12.6 Å². The maximum Gasteiger partial charge on any atom is 0.00421 e. The summed E-state index contributed by atoms with van der Waals surface area (Å²) in [7, 11) is 0. The van der Waals surface area contributed by atoms with E-state index in [0.29, 0.717) is 6.04 Å². The fourth-order valence-corrected chi connectivity index (χ4v) is 1.83. The molecule has 0 bridgehead atoms. The minimum atomic E-state index is 0.274. The Balaban J connectivity index is 3.74. The summed E-state index contributed by atoms with van der Waals surface area (Å²) in [6.45, 7) is 14.0. The molecule has 0 saturated heterocycles. The van der Waals surface area contributed by atoms with Gasteiger partial charge in [0, 0.05) is 12.6 Å². The van der Waals surface area contributed by atoms with Gasteiger partial charge < -0.3 is 5.32 Å². The van der Waals surface area contributed by atoms with Crippen molar-refractivity contribution in [2.75, 3.05) is 6.54 Å². The molecule has 0 spiro atoms. The molecule has 0 aliphatic carbocycles. The SMILES string of the molecule is C=CC(C)(CCCCCCC)CNC(C)C. The third kappa shape index (κ3) is 7.92. The molecule has 0 aromatic heterocycles. The van der Waals surface area contributed by atoms with Gasteiger partial charge in [0.25, 0.3) is 0 Å². The molecule has 0 saturated carbocycles. The normalized spacial score (nSPS) is 15.1. The van der Waals surface area contributed by atoms with Gasteiger partial charge >= 0.3 is 0 Å².